The number of halogens is 1. The van der Waals surface area contributed by atoms with Crippen LogP contribution in [0.25, 0.3) is 0 Å². The topological polar surface area (TPSA) is 12.0 Å². The molecule has 0 aromatic heterocycles. The van der Waals surface area contributed by atoms with Crippen LogP contribution in [0.5, 0.6) is 0 Å². The van der Waals surface area contributed by atoms with Crippen LogP contribution in [-0.4, -0.2) is 12.6 Å². The Morgan fingerprint density at radius 3 is 2.35 bits per heavy atom. The molecule has 3 rings (SSSR count). The third-order valence-electron chi connectivity index (χ3n) is 4.95. The molecule has 1 aromatic rings. The first-order valence-corrected chi connectivity index (χ1v) is 8.22. The van der Waals surface area contributed by atoms with Gasteiger partial charge in [0.25, 0.3) is 0 Å². The van der Waals surface area contributed by atoms with Gasteiger partial charge in [-0.3, -0.25) is 0 Å². The summed E-state index contributed by atoms with van der Waals surface area (Å²) in [6, 6.07) is 11.7. The molecule has 2 heteroatoms. The Labute approximate surface area is 130 Å². The number of hydrogen-bond donors (Lipinski definition) is 1. The largest absolute Gasteiger partial charge is 0.313 e. The summed E-state index contributed by atoms with van der Waals surface area (Å²) in [5.41, 5.74) is 1.52. The van der Waals surface area contributed by atoms with Gasteiger partial charge in [-0.2, -0.15) is 0 Å². The van der Waals surface area contributed by atoms with E-state index >= 15 is 0 Å². The minimum absolute atomic E-state index is 0. The van der Waals surface area contributed by atoms with E-state index in [4.69, 9.17) is 0 Å². The lowest BCUT2D eigenvalue weighted by Gasteiger charge is -2.14. The van der Waals surface area contributed by atoms with Crippen molar-refractivity contribution >= 4 is 12.4 Å². The Bertz CT molecular complexity index is 370. The fourth-order valence-electron chi connectivity index (χ4n) is 3.61. The second-order valence-corrected chi connectivity index (χ2v) is 6.46. The Kier molecular flexibility index (Phi) is 6.38. The summed E-state index contributed by atoms with van der Waals surface area (Å²) in [5, 5.41) is 3.77. The summed E-state index contributed by atoms with van der Waals surface area (Å²) in [6.07, 6.45) is 11.6. The second-order valence-electron chi connectivity index (χ2n) is 6.46. The van der Waals surface area contributed by atoms with Crippen molar-refractivity contribution in [3.8, 4) is 0 Å². The monoisotopic (exact) mass is 293 g/mol. The molecule has 0 aliphatic heterocycles. The fraction of sp³-hybridized carbons (Fsp3) is 0.667. The maximum absolute atomic E-state index is 3.77. The van der Waals surface area contributed by atoms with Crippen molar-refractivity contribution in [1.29, 1.82) is 0 Å². The highest BCUT2D eigenvalue weighted by atomic mass is 35.5. The highest BCUT2D eigenvalue weighted by Gasteiger charge is 2.37. The molecule has 2 fully saturated rings. The van der Waals surface area contributed by atoms with E-state index in [1.807, 2.05) is 0 Å². The zero-order valence-electron chi connectivity index (χ0n) is 12.4. The SMILES string of the molecule is Cl.c1ccc(C2C[C@@H]2NCCC2CCCCCC2)cc1. The quantitative estimate of drug-likeness (QED) is 0.760. The van der Waals surface area contributed by atoms with Crippen molar-refractivity contribution in [1.82, 2.24) is 5.32 Å². The molecule has 2 atom stereocenters. The molecule has 0 amide bonds. The van der Waals surface area contributed by atoms with Gasteiger partial charge in [0.1, 0.15) is 0 Å². The number of rotatable bonds is 5. The van der Waals surface area contributed by atoms with Crippen LogP contribution in [0.15, 0.2) is 30.3 Å². The Hall–Kier alpha value is -0.530. The first-order chi connectivity index (χ1) is 9.43. The zero-order valence-corrected chi connectivity index (χ0v) is 13.2. The third-order valence-corrected chi connectivity index (χ3v) is 4.95. The number of benzene rings is 1. The lowest BCUT2D eigenvalue weighted by atomic mass is 9.97. The Balaban J connectivity index is 0.00000147. The van der Waals surface area contributed by atoms with Crippen LogP contribution in [-0.2, 0) is 0 Å². The van der Waals surface area contributed by atoms with Gasteiger partial charge in [-0.15, -0.1) is 12.4 Å². The molecule has 2 saturated carbocycles. The van der Waals surface area contributed by atoms with E-state index in [0.717, 1.165) is 17.9 Å². The minimum Gasteiger partial charge on any atom is -0.313 e. The molecule has 0 spiro atoms. The van der Waals surface area contributed by atoms with Gasteiger partial charge in [-0.1, -0.05) is 68.9 Å². The molecule has 1 nitrogen and oxygen atoms in total. The van der Waals surface area contributed by atoms with Crippen LogP contribution in [0.4, 0.5) is 0 Å². The summed E-state index contributed by atoms with van der Waals surface area (Å²) in [5.74, 6) is 1.79. The van der Waals surface area contributed by atoms with E-state index in [-0.39, 0.29) is 12.4 Å². The van der Waals surface area contributed by atoms with Crippen molar-refractivity contribution < 1.29 is 0 Å². The van der Waals surface area contributed by atoms with Crippen molar-refractivity contribution in [3.63, 3.8) is 0 Å². The lowest BCUT2D eigenvalue weighted by Crippen LogP contribution is -2.21. The minimum atomic E-state index is 0. The molecule has 0 saturated heterocycles. The molecule has 1 N–H and O–H groups in total. The maximum Gasteiger partial charge on any atom is 0.0143 e. The van der Waals surface area contributed by atoms with Gasteiger partial charge < -0.3 is 5.32 Å². The van der Waals surface area contributed by atoms with Crippen molar-refractivity contribution in [3.05, 3.63) is 35.9 Å². The van der Waals surface area contributed by atoms with Crippen molar-refractivity contribution in [2.75, 3.05) is 6.54 Å². The molecule has 2 aliphatic rings. The third kappa shape index (κ3) is 4.49. The number of nitrogens with one attached hydrogen (secondary N) is 1. The van der Waals surface area contributed by atoms with Gasteiger partial charge in [0, 0.05) is 12.0 Å². The van der Waals surface area contributed by atoms with Crippen molar-refractivity contribution in [2.24, 2.45) is 5.92 Å². The van der Waals surface area contributed by atoms with Crippen LogP contribution in [0.2, 0.25) is 0 Å². The van der Waals surface area contributed by atoms with Gasteiger partial charge in [0.2, 0.25) is 0 Å². The van der Waals surface area contributed by atoms with Gasteiger partial charge in [0.05, 0.1) is 0 Å². The predicted molar refractivity (Wildman–Crippen MR) is 88.6 cm³/mol. The molecule has 2 aliphatic carbocycles. The normalized spacial score (nSPS) is 26.6. The Morgan fingerprint density at radius 1 is 0.950 bits per heavy atom. The standard InChI is InChI=1S/C18H27N.ClH/c1-2-5-9-15(8-4-1)12-13-19-18-14-17(18)16-10-6-3-7-11-16;/h3,6-7,10-11,15,17-19H,1-2,4-5,8-9,12-14H2;1H/t17?,18-;/m0./s1. The summed E-state index contributed by atoms with van der Waals surface area (Å²) >= 11 is 0. The molecule has 20 heavy (non-hydrogen) atoms. The molecular formula is C18H28ClN. The molecular weight excluding hydrogens is 266 g/mol. The molecule has 112 valence electrons. The van der Waals surface area contributed by atoms with Gasteiger partial charge in [-0.25, -0.2) is 0 Å². The molecule has 0 bridgehead atoms. The van der Waals surface area contributed by atoms with Crippen molar-refractivity contribution in [2.45, 2.75) is 63.3 Å². The Morgan fingerprint density at radius 2 is 1.65 bits per heavy atom. The van der Waals surface area contributed by atoms with Crippen LogP contribution in [0.1, 0.15) is 62.8 Å². The van der Waals surface area contributed by atoms with E-state index < -0.39 is 0 Å². The average molecular weight is 294 g/mol. The summed E-state index contributed by atoms with van der Waals surface area (Å²) in [6.45, 7) is 1.23. The van der Waals surface area contributed by atoms with Gasteiger partial charge in [0.15, 0.2) is 0 Å². The molecule has 0 radical (unpaired) electrons. The maximum atomic E-state index is 3.77. The van der Waals surface area contributed by atoms with E-state index in [0.29, 0.717) is 0 Å². The van der Waals surface area contributed by atoms with E-state index in [2.05, 4.69) is 35.6 Å². The smallest absolute Gasteiger partial charge is 0.0143 e. The van der Waals surface area contributed by atoms with Crippen LogP contribution >= 0.6 is 12.4 Å². The fourth-order valence-corrected chi connectivity index (χ4v) is 3.61. The first kappa shape index (κ1) is 15.9. The highest BCUT2D eigenvalue weighted by molar-refractivity contribution is 5.85. The van der Waals surface area contributed by atoms with Crippen LogP contribution < -0.4 is 5.32 Å². The summed E-state index contributed by atoms with van der Waals surface area (Å²) in [4.78, 5) is 0. The van der Waals surface area contributed by atoms with Gasteiger partial charge >= 0.3 is 0 Å². The average Bonchev–Trinajstić information content (AvgIpc) is 3.24. The highest BCUT2D eigenvalue weighted by Crippen LogP contribution is 2.40. The molecule has 1 unspecified atom stereocenters. The van der Waals surface area contributed by atoms with Crippen LogP contribution in [0, 0.1) is 5.92 Å². The van der Waals surface area contributed by atoms with Gasteiger partial charge in [-0.05, 0) is 30.9 Å². The van der Waals surface area contributed by atoms with Crippen LogP contribution in [0.3, 0.4) is 0 Å². The second kappa shape index (κ2) is 8.05. The molecule has 1 aromatic carbocycles. The predicted octanol–water partition coefficient (Wildman–Crippen LogP) is 4.91. The lowest BCUT2D eigenvalue weighted by molar-refractivity contribution is 0.413. The van der Waals surface area contributed by atoms with E-state index in [1.54, 1.807) is 0 Å². The summed E-state index contributed by atoms with van der Waals surface area (Å²) in [7, 11) is 0. The number of hydrogen-bond acceptors (Lipinski definition) is 1. The van der Waals surface area contributed by atoms with E-state index in [9.17, 15) is 0 Å². The first-order valence-electron chi connectivity index (χ1n) is 8.22. The van der Waals surface area contributed by atoms with E-state index in [1.165, 1.54) is 63.5 Å². The zero-order chi connectivity index (χ0) is 12.9. The molecule has 0 heterocycles. The summed E-state index contributed by atoms with van der Waals surface area (Å²) < 4.78 is 0.